The smallest absolute Gasteiger partial charge is 0.0459 e. The first kappa shape index (κ1) is 16.3. The quantitative estimate of drug-likeness (QED) is 0.851. The third-order valence-electron chi connectivity index (χ3n) is 3.10. The Kier molecular flexibility index (Phi) is 6.15. The summed E-state index contributed by atoms with van der Waals surface area (Å²) in [6.07, 6.45) is 0.824. The van der Waals surface area contributed by atoms with Crippen LogP contribution in [-0.4, -0.2) is 18.6 Å². The summed E-state index contributed by atoms with van der Waals surface area (Å²) in [5, 5.41) is 0.823. The van der Waals surface area contributed by atoms with Gasteiger partial charge in [-0.25, -0.2) is 0 Å². The zero-order chi connectivity index (χ0) is 14.6. The van der Waals surface area contributed by atoms with Crippen LogP contribution in [0.2, 0.25) is 5.02 Å². The van der Waals surface area contributed by atoms with Gasteiger partial charge in [-0.15, -0.1) is 0 Å². The van der Waals surface area contributed by atoms with Crippen molar-refractivity contribution in [3.05, 3.63) is 28.8 Å². The molecule has 0 fully saturated rings. The summed E-state index contributed by atoms with van der Waals surface area (Å²) in [6.45, 7) is 11.9. The zero-order valence-corrected chi connectivity index (χ0v) is 13.5. The van der Waals surface area contributed by atoms with Gasteiger partial charge in [0.1, 0.15) is 0 Å². The van der Waals surface area contributed by atoms with Crippen LogP contribution in [-0.2, 0) is 6.42 Å². The second-order valence-corrected chi connectivity index (χ2v) is 6.50. The first-order valence-corrected chi connectivity index (χ1v) is 7.49. The number of hydrogen-bond donors (Lipinski definition) is 1. The highest BCUT2D eigenvalue weighted by molar-refractivity contribution is 6.31. The third-order valence-corrected chi connectivity index (χ3v) is 3.45. The summed E-state index contributed by atoms with van der Waals surface area (Å²) < 4.78 is 0. The number of nitrogens with two attached hydrogens (primary N) is 1. The molecule has 0 amide bonds. The monoisotopic (exact) mass is 282 g/mol. The number of rotatable bonds is 6. The first-order valence-electron chi connectivity index (χ1n) is 7.12. The highest BCUT2D eigenvalue weighted by Crippen LogP contribution is 2.26. The summed E-state index contributed by atoms with van der Waals surface area (Å²) in [5.74, 6) is 0.630. The van der Waals surface area contributed by atoms with E-state index in [9.17, 15) is 0 Å². The largest absolute Gasteiger partial charge is 0.369 e. The molecular formula is C16H27ClN2. The minimum Gasteiger partial charge on any atom is -0.369 e. The molecule has 19 heavy (non-hydrogen) atoms. The van der Waals surface area contributed by atoms with Crippen molar-refractivity contribution in [2.45, 2.75) is 53.1 Å². The minimum atomic E-state index is 0.139. The highest BCUT2D eigenvalue weighted by atomic mass is 35.5. The topological polar surface area (TPSA) is 29.3 Å². The van der Waals surface area contributed by atoms with Gasteiger partial charge in [0.05, 0.1) is 0 Å². The Bertz CT molecular complexity index is 400. The van der Waals surface area contributed by atoms with Crippen LogP contribution in [0.15, 0.2) is 18.2 Å². The van der Waals surface area contributed by atoms with Crippen LogP contribution >= 0.6 is 11.6 Å². The van der Waals surface area contributed by atoms with Crippen molar-refractivity contribution in [1.82, 2.24) is 0 Å². The molecule has 0 saturated carbocycles. The molecule has 0 aromatic heterocycles. The molecule has 2 N–H and O–H groups in total. The Morgan fingerprint density at radius 2 is 1.79 bits per heavy atom. The average molecular weight is 283 g/mol. The second-order valence-electron chi connectivity index (χ2n) is 6.10. The van der Waals surface area contributed by atoms with Gasteiger partial charge in [-0.2, -0.15) is 0 Å². The van der Waals surface area contributed by atoms with Crippen LogP contribution in [0, 0.1) is 5.92 Å². The van der Waals surface area contributed by atoms with E-state index >= 15 is 0 Å². The first-order chi connectivity index (χ1) is 8.81. The van der Waals surface area contributed by atoms with Crippen molar-refractivity contribution in [2.75, 3.05) is 11.4 Å². The average Bonchev–Trinajstić information content (AvgIpc) is 2.27. The number of benzene rings is 1. The van der Waals surface area contributed by atoms with E-state index in [4.69, 9.17) is 17.3 Å². The maximum Gasteiger partial charge on any atom is 0.0459 e. The van der Waals surface area contributed by atoms with Crippen molar-refractivity contribution >= 4 is 17.3 Å². The molecule has 1 atom stereocenters. The van der Waals surface area contributed by atoms with Gasteiger partial charge in [-0.1, -0.05) is 31.5 Å². The normalized spacial score (nSPS) is 13.1. The van der Waals surface area contributed by atoms with Gasteiger partial charge in [0.2, 0.25) is 0 Å². The number of halogens is 1. The van der Waals surface area contributed by atoms with E-state index in [2.05, 4.69) is 50.8 Å². The number of anilines is 1. The molecule has 0 radical (unpaired) electrons. The molecule has 1 aromatic carbocycles. The maximum atomic E-state index is 6.38. The maximum absolute atomic E-state index is 6.38. The summed E-state index contributed by atoms with van der Waals surface area (Å²) >= 11 is 6.38. The molecule has 0 aliphatic heterocycles. The second kappa shape index (κ2) is 7.16. The SMILES string of the molecule is CC(C)CN(c1ccc(CC(C)N)c(Cl)c1)C(C)C. The summed E-state index contributed by atoms with van der Waals surface area (Å²) in [6, 6.07) is 6.95. The van der Waals surface area contributed by atoms with Crippen LogP contribution in [0.25, 0.3) is 0 Å². The molecule has 1 unspecified atom stereocenters. The van der Waals surface area contributed by atoms with E-state index in [1.54, 1.807) is 0 Å². The predicted octanol–water partition coefficient (Wildman–Crippen LogP) is 4.10. The predicted molar refractivity (Wildman–Crippen MR) is 86.1 cm³/mol. The molecular weight excluding hydrogens is 256 g/mol. The molecule has 3 heteroatoms. The lowest BCUT2D eigenvalue weighted by atomic mass is 10.1. The third kappa shape index (κ3) is 5.04. The molecule has 0 aliphatic rings. The lowest BCUT2D eigenvalue weighted by Crippen LogP contribution is -2.34. The van der Waals surface area contributed by atoms with Crippen LogP contribution < -0.4 is 10.6 Å². The van der Waals surface area contributed by atoms with Gasteiger partial charge in [-0.05, 0) is 50.8 Å². The van der Waals surface area contributed by atoms with E-state index in [0.29, 0.717) is 12.0 Å². The van der Waals surface area contributed by atoms with Crippen molar-refractivity contribution in [1.29, 1.82) is 0 Å². The summed E-state index contributed by atoms with van der Waals surface area (Å²) in [7, 11) is 0. The van der Waals surface area contributed by atoms with Crippen LogP contribution in [0.1, 0.15) is 40.2 Å². The van der Waals surface area contributed by atoms with Crippen LogP contribution in [0.4, 0.5) is 5.69 Å². The Morgan fingerprint density at radius 1 is 1.16 bits per heavy atom. The Hall–Kier alpha value is -0.730. The van der Waals surface area contributed by atoms with Crippen LogP contribution in [0.5, 0.6) is 0 Å². The van der Waals surface area contributed by atoms with Gasteiger partial charge < -0.3 is 10.6 Å². The van der Waals surface area contributed by atoms with E-state index in [1.807, 2.05) is 6.92 Å². The van der Waals surface area contributed by atoms with Crippen molar-refractivity contribution < 1.29 is 0 Å². The molecule has 1 aromatic rings. The fourth-order valence-corrected chi connectivity index (χ4v) is 2.49. The highest BCUT2D eigenvalue weighted by Gasteiger charge is 2.14. The Labute approximate surface area is 122 Å². The molecule has 108 valence electrons. The molecule has 2 nitrogen and oxygen atoms in total. The molecule has 1 rings (SSSR count). The molecule has 0 bridgehead atoms. The van der Waals surface area contributed by atoms with E-state index in [1.165, 1.54) is 5.69 Å². The summed E-state index contributed by atoms with van der Waals surface area (Å²) in [5.41, 5.74) is 8.17. The van der Waals surface area contributed by atoms with Crippen molar-refractivity contribution in [2.24, 2.45) is 11.7 Å². The van der Waals surface area contributed by atoms with Gasteiger partial charge in [0.15, 0.2) is 0 Å². The lowest BCUT2D eigenvalue weighted by Gasteiger charge is -2.31. The van der Waals surface area contributed by atoms with Gasteiger partial charge in [0.25, 0.3) is 0 Å². The molecule has 0 spiro atoms. The minimum absolute atomic E-state index is 0.139. The Morgan fingerprint density at radius 3 is 2.21 bits per heavy atom. The molecule has 0 aliphatic carbocycles. The van der Waals surface area contributed by atoms with Gasteiger partial charge in [0, 0.05) is 29.3 Å². The van der Waals surface area contributed by atoms with E-state index in [0.717, 1.165) is 23.6 Å². The number of nitrogens with zero attached hydrogens (tertiary/aromatic N) is 1. The Balaban J connectivity index is 2.96. The summed E-state index contributed by atoms with van der Waals surface area (Å²) in [4.78, 5) is 2.40. The van der Waals surface area contributed by atoms with Gasteiger partial charge in [-0.3, -0.25) is 0 Å². The zero-order valence-electron chi connectivity index (χ0n) is 12.8. The lowest BCUT2D eigenvalue weighted by molar-refractivity contribution is 0.571. The van der Waals surface area contributed by atoms with E-state index < -0.39 is 0 Å². The van der Waals surface area contributed by atoms with Crippen molar-refractivity contribution in [3.63, 3.8) is 0 Å². The fraction of sp³-hybridized carbons (Fsp3) is 0.625. The number of hydrogen-bond acceptors (Lipinski definition) is 2. The van der Waals surface area contributed by atoms with Crippen molar-refractivity contribution in [3.8, 4) is 0 Å². The standard InChI is InChI=1S/C16H27ClN2/c1-11(2)10-19(12(3)4)15-7-6-14(8-13(5)18)16(17)9-15/h6-7,9,11-13H,8,10,18H2,1-5H3. The fourth-order valence-electron chi connectivity index (χ4n) is 2.24. The molecule has 0 saturated heterocycles. The van der Waals surface area contributed by atoms with Gasteiger partial charge >= 0.3 is 0 Å². The van der Waals surface area contributed by atoms with Crippen LogP contribution in [0.3, 0.4) is 0 Å². The molecule has 0 heterocycles. The van der Waals surface area contributed by atoms with E-state index in [-0.39, 0.29) is 6.04 Å².